The summed E-state index contributed by atoms with van der Waals surface area (Å²) in [5, 5.41) is 14.3. The molecule has 5 heteroatoms. The van der Waals surface area contributed by atoms with Crippen LogP contribution in [0.5, 0.6) is 17.2 Å². The first-order valence-electron chi connectivity index (χ1n) is 7.38. The van der Waals surface area contributed by atoms with Gasteiger partial charge in [-0.05, 0) is 30.3 Å². The minimum absolute atomic E-state index is 0.176. The molecule has 0 saturated carbocycles. The van der Waals surface area contributed by atoms with E-state index in [0.717, 1.165) is 5.39 Å². The summed E-state index contributed by atoms with van der Waals surface area (Å²) in [6.45, 7) is 0. The van der Waals surface area contributed by atoms with Crippen molar-refractivity contribution in [1.29, 1.82) is 0 Å². The van der Waals surface area contributed by atoms with Crippen LogP contribution in [0, 0.1) is 0 Å². The quantitative estimate of drug-likeness (QED) is 0.766. The fourth-order valence-electron chi connectivity index (χ4n) is 2.57. The molecule has 0 atom stereocenters. The number of amides is 1. The maximum Gasteiger partial charge on any atom is 0.255 e. The third kappa shape index (κ3) is 2.84. The standard InChI is InChI=1S/C19H17NO4/c1-23-17-10-9-12(11-18(17)24-2)19(22)20-15-7-3-6-14-13(15)5-4-8-16(14)21/h3-11,21H,1-2H3,(H,20,22). The zero-order valence-electron chi connectivity index (χ0n) is 13.4. The molecule has 2 N–H and O–H groups in total. The second kappa shape index (κ2) is 6.50. The molecule has 1 amide bonds. The van der Waals surface area contributed by atoms with E-state index in [9.17, 15) is 9.90 Å². The number of hydrogen-bond donors (Lipinski definition) is 2. The van der Waals surface area contributed by atoms with Crippen molar-refractivity contribution in [3.05, 3.63) is 60.2 Å². The van der Waals surface area contributed by atoms with E-state index in [1.807, 2.05) is 6.07 Å². The lowest BCUT2D eigenvalue weighted by molar-refractivity contribution is 0.102. The molecule has 5 nitrogen and oxygen atoms in total. The van der Waals surface area contributed by atoms with Crippen LogP contribution in [-0.2, 0) is 0 Å². The van der Waals surface area contributed by atoms with E-state index >= 15 is 0 Å². The third-order valence-electron chi connectivity index (χ3n) is 3.79. The Kier molecular flexibility index (Phi) is 4.24. The van der Waals surface area contributed by atoms with Gasteiger partial charge in [-0.2, -0.15) is 0 Å². The van der Waals surface area contributed by atoms with Gasteiger partial charge in [0.15, 0.2) is 11.5 Å². The van der Waals surface area contributed by atoms with Gasteiger partial charge in [0, 0.05) is 22.0 Å². The average molecular weight is 323 g/mol. The van der Waals surface area contributed by atoms with Crippen molar-refractivity contribution in [1.82, 2.24) is 0 Å². The number of phenols is 1. The molecule has 0 fully saturated rings. The fourth-order valence-corrected chi connectivity index (χ4v) is 2.57. The van der Waals surface area contributed by atoms with E-state index in [2.05, 4.69) is 5.32 Å². The largest absolute Gasteiger partial charge is 0.507 e. The number of anilines is 1. The summed E-state index contributed by atoms with van der Waals surface area (Å²) in [5.74, 6) is 0.950. The Labute approximate surface area is 139 Å². The minimum Gasteiger partial charge on any atom is -0.507 e. The van der Waals surface area contributed by atoms with E-state index in [4.69, 9.17) is 9.47 Å². The smallest absolute Gasteiger partial charge is 0.255 e. The van der Waals surface area contributed by atoms with Crippen LogP contribution in [0.15, 0.2) is 54.6 Å². The Morgan fingerprint density at radius 1 is 0.917 bits per heavy atom. The van der Waals surface area contributed by atoms with Gasteiger partial charge in [-0.3, -0.25) is 4.79 Å². The molecule has 0 unspecified atom stereocenters. The van der Waals surface area contributed by atoms with Crippen LogP contribution < -0.4 is 14.8 Å². The SMILES string of the molecule is COc1ccc(C(=O)Nc2cccc3c(O)cccc23)cc1OC. The average Bonchev–Trinajstić information content (AvgIpc) is 2.62. The van der Waals surface area contributed by atoms with Crippen LogP contribution in [0.25, 0.3) is 10.8 Å². The highest BCUT2D eigenvalue weighted by Crippen LogP contribution is 2.31. The number of nitrogens with one attached hydrogen (secondary N) is 1. The van der Waals surface area contributed by atoms with Crippen LogP contribution in [0.3, 0.4) is 0 Å². The van der Waals surface area contributed by atoms with Gasteiger partial charge in [-0.25, -0.2) is 0 Å². The van der Waals surface area contributed by atoms with Crippen molar-refractivity contribution in [2.45, 2.75) is 0 Å². The van der Waals surface area contributed by atoms with Gasteiger partial charge in [0.1, 0.15) is 5.75 Å². The molecule has 3 aromatic carbocycles. The molecule has 3 aromatic rings. The zero-order chi connectivity index (χ0) is 17.1. The first-order chi connectivity index (χ1) is 11.6. The molecular formula is C19H17NO4. The number of rotatable bonds is 4. The zero-order valence-corrected chi connectivity index (χ0v) is 13.4. The van der Waals surface area contributed by atoms with E-state index in [-0.39, 0.29) is 11.7 Å². The fraction of sp³-hybridized carbons (Fsp3) is 0.105. The molecule has 0 bridgehead atoms. The summed E-state index contributed by atoms with van der Waals surface area (Å²) in [4.78, 5) is 12.5. The summed E-state index contributed by atoms with van der Waals surface area (Å²) in [6.07, 6.45) is 0. The topological polar surface area (TPSA) is 67.8 Å². The van der Waals surface area contributed by atoms with Crippen LogP contribution in [0.4, 0.5) is 5.69 Å². The van der Waals surface area contributed by atoms with Gasteiger partial charge < -0.3 is 19.9 Å². The van der Waals surface area contributed by atoms with E-state index < -0.39 is 0 Å². The predicted octanol–water partition coefficient (Wildman–Crippen LogP) is 3.81. The lowest BCUT2D eigenvalue weighted by Gasteiger charge is -2.12. The molecule has 0 heterocycles. The van der Waals surface area contributed by atoms with Gasteiger partial charge in [-0.1, -0.05) is 24.3 Å². The normalized spacial score (nSPS) is 10.4. The molecule has 0 radical (unpaired) electrons. The summed E-state index contributed by atoms with van der Waals surface area (Å²) in [7, 11) is 3.06. The highest BCUT2D eigenvalue weighted by molar-refractivity contribution is 6.10. The van der Waals surface area contributed by atoms with Gasteiger partial charge in [0.25, 0.3) is 5.91 Å². The van der Waals surface area contributed by atoms with Crippen LogP contribution in [0.1, 0.15) is 10.4 Å². The summed E-state index contributed by atoms with van der Waals surface area (Å²) in [5.41, 5.74) is 1.08. The number of benzene rings is 3. The van der Waals surface area contributed by atoms with Crippen molar-refractivity contribution in [2.75, 3.05) is 19.5 Å². The van der Waals surface area contributed by atoms with E-state index in [0.29, 0.717) is 28.1 Å². The number of ether oxygens (including phenoxy) is 2. The molecule has 24 heavy (non-hydrogen) atoms. The highest BCUT2D eigenvalue weighted by Gasteiger charge is 2.12. The number of carbonyl (C=O) groups is 1. The monoisotopic (exact) mass is 323 g/mol. The van der Waals surface area contributed by atoms with Gasteiger partial charge in [0.05, 0.1) is 14.2 Å². The van der Waals surface area contributed by atoms with Crippen LogP contribution >= 0.6 is 0 Å². The number of fused-ring (bicyclic) bond motifs is 1. The summed E-state index contributed by atoms with van der Waals surface area (Å²) in [6, 6.07) is 15.5. The molecule has 0 aliphatic carbocycles. The highest BCUT2D eigenvalue weighted by atomic mass is 16.5. The summed E-state index contributed by atoms with van der Waals surface area (Å²) >= 11 is 0. The number of hydrogen-bond acceptors (Lipinski definition) is 4. The van der Waals surface area contributed by atoms with Crippen molar-refractivity contribution < 1.29 is 19.4 Å². The van der Waals surface area contributed by atoms with Crippen LogP contribution in [-0.4, -0.2) is 25.2 Å². The first kappa shape index (κ1) is 15.7. The Hall–Kier alpha value is -3.21. The molecule has 0 saturated heterocycles. The van der Waals surface area contributed by atoms with E-state index in [1.54, 1.807) is 55.6 Å². The second-order valence-corrected chi connectivity index (χ2v) is 5.20. The Morgan fingerprint density at radius 3 is 2.38 bits per heavy atom. The molecule has 3 rings (SSSR count). The van der Waals surface area contributed by atoms with Crippen molar-refractivity contribution in [3.8, 4) is 17.2 Å². The van der Waals surface area contributed by atoms with Gasteiger partial charge in [0.2, 0.25) is 0 Å². The maximum atomic E-state index is 12.5. The van der Waals surface area contributed by atoms with Crippen molar-refractivity contribution >= 4 is 22.4 Å². The first-order valence-corrected chi connectivity index (χ1v) is 7.38. The van der Waals surface area contributed by atoms with Crippen molar-refractivity contribution in [2.24, 2.45) is 0 Å². The summed E-state index contributed by atoms with van der Waals surface area (Å²) < 4.78 is 10.4. The predicted molar refractivity (Wildman–Crippen MR) is 93.1 cm³/mol. The van der Waals surface area contributed by atoms with Crippen LogP contribution in [0.2, 0.25) is 0 Å². The molecular weight excluding hydrogens is 306 g/mol. The molecule has 0 spiro atoms. The lowest BCUT2D eigenvalue weighted by Crippen LogP contribution is -2.12. The second-order valence-electron chi connectivity index (χ2n) is 5.20. The number of aromatic hydroxyl groups is 1. The number of methoxy groups -OCH3 is 2. The van der Waals surface area contributed by atoms with Crippen molar-refractivity contribution in [3.63, 3.8) is 0 Å². The molecule has 0 aliphatic heterocycles. The number of carbonyl (C=O) groups excluding carboxylic acids is 1. The number of phenolic OH excluding ortho intramolecular Hbond substituents is 1. The molecule has 0 aliphatic rings. The Morgan fingerprint density at radius 2 is 1.62 bits per heavy atom. The maximum absolute atomic E-state index is 12.5. The van der Waals surface area contributed by atoms with E-state index in [1.165, 1.54) is 7.11 Å². The lowest BCUT2D eigenvalue weighted by atomic mass is 10.1. The Bertz CT molecular complexity index is 905. The molecule has 0 aromatic heterocycles. The van der Waals surface area contributed by atoms with Gasteiger partial charge in [-0.15, -0.1) is 0 Å². The third-order valence-corrected chi connectivity index (χ3v) is 3.79. The van der Waals surface area contributed by atoms with Gasteiger partial charge >= 0.3 is 0 Å². The molecule has 122 valence electrons. The Balaban J connectivity index is 1.95. The minimum atomic E-state index is -0.271.